The molecule has 0 aliphatic rings. The number of ether oxygens (including phenoxy) is 1. The van der Waals surface area contributed by atoms with E-state index >= 15 is 0 Å². The number of rotatable bonds is 5. The number of sulfonamides is 1. The number of aromatic nitrogens is 1. The van der Waals surface area contributed by atoms with E-state index in [9.17, 15) is 8.42 Å². The largest absolute Gasteiger partial charge is 0.495 e. The van der Waals surface area contributed by atoms with Crippen LogP contribution in [0, 0.1) is 11.3 Å². The quantitative estimate of drug-likeness (QED) is 0.754. The summed E-state index contributed by atoms with van der Waals surface area (Å²) in [5, 5.41) is 12.4. The van der Waals surface area contributed by atoms with Gasteiger partial charge in [-0.3, -0.25) is 4.72 Å². The molecule has 0 unspecified atom stereocenters. The Hall–Kier alpha value is -3.31. The van der Waals surface area contributed by atoms with Crippen molar-refractivity contribution in [3.8, 4) is 23.1 Å². The molecule has 0 radical (unpaired) electrons. The van der Waals surface area contributed by atoms with Gasteiger partial charge in [-0.15, -0.1) is 0 Å². The SMILES string of the molecule is COc1cc(-c2ccno2)ccc1S(=O)(=O)Nc1ccc(C#N)cc1. The molecule has 0 atom stereocenters. The summed E-state index contributed by atoms with van der Waals surface area (Å²) in [7, 11) is -2.48. The molecule has 25 heavy (non-hydrogen) atoms. The van der Waals surface area contributed by atoms with E-state index in [-0.39, 0.29) is 10.6 Å². The molecule has 0 aliphatic carbocycles. The minimum Gasteiger partial charge on any atom is -0.495 e. The second kappa shape index (κ2) is 6.67. The van der Waals surface area contributed by atoms with E-state index < -0.39 is 10.0 Å². The summed E-state index contributed by atoms with van der Waals surface area (Å²) in [6.45, 7) is 0. The van der Waals surface area contributed by atoms with Gasteiger partial charge in [0.1, 0.15) is 10.6 Å². The van der Waals surface area contributed by atoms with Crippen molar-refractivity contribution < 1.29 is 17.7 Å². The van der Waals surface area contributed by atoms with Gasteiger partial charge in [0.25, 0.3) is 10.0 Å². The first-order valence-corrected chi connectivity index (χ1v) is 8.64. The molecule has 1 heterocycles. The average molecular weight is 355 g/mol. The summed E-state index contributed by atoms with van der Waals surface area (Å²) in [6, 6.07) is 14.3. The van der Waals surface area contributed by atoms with Crippen LogP contribution in [-0.2, 0) is 10.0 Å². The molecule has 1 aromatic heterocycles. The topological polar surface area (TPSA) is 105 Å². The van der Waals surface area contributed by atoms with E-state index in [0.29, 0.717) is 22.6 Å². The van der Waals surface area contributed by atoms with Crippen molar-refractivity contribution in [3.63, 3.8) is 0 Å². The Morgan fingerprint density at radius 3 is 2.52 bits per heavy atom. The molecule has 3 rings (SSSR count). The predicted octanol–water partition coefficient (Wildman–Crippen LogP) is 3.02. The van der Waals surface area contributed by atoms with Crippen molar-refractivity contribution >= 4 is 15.7 Å². The van der Waals surface area contributed by atoms with Crippen molar-refractivity contribution in [2.75, 3.05) is 11.8 Å². The highest BCUT2D eigenvalue weighted by Gasteiger charge is 2.21. The lowest BCUT2D eigenvalue weighted by atomic mass is 10.1. The molecule has 3 aromatic rings. The smallest absolute Gasteiger partial charge is 0.265 e. The van der Waals surface area contributed by atoms with E-state index in [4.69, 9.17) is 14.5 Å². The van der Waals surface area contributed by atoms with Crippen molar-refractivity contribution in [2.45, 2.75) is 4.90 Å². The molecule has 7 nitrogen and oxygen atoms in total. The molecule has 8 heteroatoms. The first-order valence-electron chi connectivity index (χ1n) is 7.15. The van der Waals surface area contributed by atoms with Crippen LogP contribution in [0.1, 0.15) is 5.56 Å². The van der Waals surface area contributed by atoms with Crippen LogP contribution in [-0.4, -0.2) is 20.7 Å². The molecule has 0 aliphatic heterocycles. The Balaban J connectivity index is 1.94. The zero-order valence-corrected chi connectivity index (χ0v) is 13.9. The monoisotopic (exact) mass is 355 g/mol. The Labute approximate surface area is 144 Å². The van der Waals surface area contributed by atoms with Crippen LogP contribution in [0.3, 0.4) is 0 Å². The van der Waals surface area contributed by atoms with Gasteiger partial charge in [0.15, 0.2) is 5.76 Å². The summed E-state index contributed by atoms with van der Waals surface area (Å²) in [5.74, 6) is 0.678. The first-order chi connectivity index (χ1) is 12.0. The Kier molecular flexibility index (Phi) is 4.41. The number of hydrogen-bond acceptors (Lipinski definition) is 6. The predicted molar refractivity (Wildman–Crippen MR) is 90.5 cm³/mol. The normalized spacial score (nSPS) is 10.9. The van der Waals surface area contributed by atoms with Crippen molar-refractivity contribution in [1.82, 2.24) is 5.16 Å². The maximum Gasteiger partial charge on any atom is 0.265 e. The molecule has 1 N–H and O–H groups in total. The second-order valence-electron chi connectivity index (χ2n) is 5.04. The molecule has 0 saturated heterocycles. The molecular formula is C17H13N3O4S. The van der Waals surface area contributed by atoms with Gasteiger partial charge < -0.3 is 9.26 Å². The van der Waals surface area contributed by atoms with Gasteiger partial charge in [0, 0.05) is 17.3 Å². The van der Waals surface area contributed by atoms with Crippen LogP contribution in [0.15, 0.2) is 64.1 Å². The van der Waals surface area contributed by atoms with Crippen LogP contribution in [0.5, 0.6) is 5.75 Å². The highest BCUT2D eigenvalue weighted by molar-refractivity contribution is 7.92. The lowest BCUT2D eigenvalue weighted by Crippen LogP contribution is -2.14. The van der Waals surface area contributed by atoms with Crippen molar-refractivity contribution in [1.29, 1.82) is 5.26 Å². The van der Waals surface area contributed by atoms with Crippen LogP contribution >= 0.6 is 0 Å². The number of anilines is 1. The van der Waals surface area contributed by atoms with Crippen LogP contribution < -0.4 is 9.46 Å². The van der Waals surface area contributed by atoms with Gasteiger partial charge >= 0.3 is 0 Å². The Morgan fingerprint density at radius 1 is 1.16 bits per heavy atom. The molecule has 2 aromatic carbocycles. The van der Waals surface area contributed by atoms with E-state index in [0.717, 1.165) is 0 Å². The van der Waals surface area contributed by atoms with Crippen LogP contribution in [0.2, 0.25) is 0 Å². The highest BCUT2D eigenvalue weighted by atomic mass is 32.2. The van der Waals surface area contributed by atoms with E-state index in [2.05, 4.69) is 9.88 Å². The standard InChI is InChI=1S/C17H13N3O4S/c1-23-16-10-13(15-8-9-19-24-15)4-7-17(16)25(21,22)20-14-5-2-12(11-18)3-6-14/h2-10,20H,1H3. The van der Waals surface area contributed by atoms with Gasteiger partial charge in [-0.25, -0.2) is 8.42 Å². The number of methoxy groups -OCH3 is 1. The minimum atomic E-state index is -3.87. The van der Waals surface area contributed by atoms with Gasteiger partial charge in [0.05, 0.1) is 24.9 Å². The Morgan fingerprint density at radius 2 is 1.92 bits per heavy atom. The maximum absolute atomic E-state index is 12.6. The number of nitriles is 1. The van der Waals surface area contributed by atoms with Gasteiger partial charge in [0.2, 0.25) is 0 Å². The number of nitrogens with zero attached hydrogens (tertiary/aromatic N) is 2. The molecule has 126 valence electrons. The van der Waals surface area contributed by atoms with Crippen molar-refractivity contribution in [2.24, 2.45) is 0 Å². The fourth-order valence-corrected chi connectivity index (χ4v) is 3.44. The fourth-order valence-electron chi connectivity index (χ4n) is 2.23. The molecule has 0 bridgehead atoms. The minimum absolute atomic E-state index is 0.0115. The van der Waals surface area contributed by atoms with E-state index in [1.165, 1.54) is 43.6 Å². The summed E-state index contributed by atoms with van der Waals surface area (Å²) in [5.41, 5.74) is 1.43. The summed E-state index contributed by atoms with van der Waals surface area (Å²) < 4.78 is 38.0. The summed E-state index contributed by atoms with van der Waals surface area (Å²) in [6.07, 6.45) is 1.50. The van der Waals surface area contributed by atoms with E-state index in [1.54, 1.807) is 18.2 Å². The molecule has 0 amide bonds. The second-order valence-corrected chi connectivity index (χ2v) is 6.69. The molecule has 0 spiro atoms. The average Bonchev–Trinajstić information content (AvgIpc) is 3.16. The highest BCUT2D eigenvalue weighted by Crippen LogP contribution is 2.31. The van der Waals surface area contributed by atoms with E-state index in [1.807, 2.05) is 6.07 Å². The van der Waals surface area contributed by atoms with Gasteiger partial charge in [-0.2, -0.15) is 5.26 Å². The first kappa shape index (κ1) is 16.5. The third-order valence-electron chi connectivity index (χ3n) is 3.44. The zero-order chi connectivity index (χ0) is 17.9. The summed E-state index contributed by atoms with van der Waals surface area (Å²) in [4.78, 5) is -0.0115. The van der Waals surface area contributed by atoms with Gasteiger partial charge in [-0.1, -0.05) is 5.16 Å². The molecule has 0 fully saturated rings. The number of hydrogen-bond donors (Lipinski definition) is 1. The molecule has 0 saturated carbocycles. The third kappa shape index (κ3) is 3.46. The molecular weight excluding hydrogens is 342 g/mol. The lowest BCUT2D eigenvalue weighted by molar-refractivity contribution is 0.402. The number of benzene rings is 2. The zero-order valence-electron chi connectivity index (χ0n) is 13.1. The van der Waals surface area contributed by atoms with Gasteiger partial charge in [-0.05, 0) is 42.5 Å². The summed E-state index contributed by atoms with van der Waals surface area (Å²) >= 11 is 0. The Bertz CT molecular complexity index is 1020. The lowest BCUT2D eigenvalue weighted by Gasteiger charge is -2.12. The van der Waals surface area contributed by atoms with Crippen LogP contribution in [0.25, 0.3) is 11.3 Å². The third-order valence-corrected chi connectivity index (χ3v) is 4.86. The van der Waals surface area contributed by atoms with Crippen molar-refractivity contribution in [3.05, 3.63) is 60.3 Å². The maximum atomic E-state index is 12.6. The van der Waals surface area contributed by atoms with Crippen LogP contribution in [0.4, 0.5) is 5.69 Å². The number of nitrogens with one attached hydrogen (secondary N) is 1. The fraction of sp³-hybridized carbons (Fsp3) is 0.0588.